The third kappa shape index (κ3) is 4.42. The number of para-hydroxylation sites is 2. The average molecular weight is 479 g/mol. The molecule has 4 aromatic rings. The number of hydrogen-bond donors (Lipinski definition) is 1. The number of thiazole rings is 1. The molecule has 0 radical (unpaired) electrons. The maximum absolute atomic E-state index is 13.8. The minimum Gasteiger partial charge on any atom is -0.424 e. The van der Waals surface area contributed by atoms with E-state index in [9.17, 15) is 9.18 Å². The van der Waals surface area contributed by atoms with Gasteiger partial charge >= 0.3 is 0 Å². The van der Waals surface area contributed by atoms with Crippen LogP contribution in [-0.2, 0) is 0 Å². The predicted molar refractivity (Wildman–Crippen MR) is 133 cm³/mol. The molecule has 8 heteroatoms. The Kier molecular flexibility index (Phi) is 6.32. The number of carbonyl (C=O) groups is 1. The van der Waals surface area contributed by atoms with E-state index in [0.717, 1.165) is 45.8 Å². The summed E-state index contributed by atoms with van der Waals surface area (Å²) in [7, 11) is 0. The Morgan fingerprint density at radius 3 is 2.76 bits per heavy atom. The number of rotatable bonds is 6. The summed E-state index contributed by atoms with van der Waals surface area (Å²) < 4.78 is 19.3. The molecule has 0 bridgehead atoms. The number of aromatic nitrogens is 2. The number of likely N-dealkylation sites (tertiary alicyclic amines) is 1. The van der Waals surface area contributed by atoms with E-state index in [4.69, 9.17) is 4.42 Å². The van der Waals surface area contributed by atoms with Crippen LogP contribution in [-0.4, -0.2) is 39.9 Å². The van der Waals surface area contributed by atoms with Crippen LogP contribution in [0.5, 0.6) is 0 Å². The first-order chi connectivity index (χ1) is 16.5. The van der Waals surface area contributed by atoms with Gasteiger partial charge in [-0.25, -0.2) is 9.37 Å². The molecule has 2 unspecified atom stereocenters. The normalized spacial score (nSPS) is 18.4. The first-order valence-corrected chi connectivity index (χ1v) is 12.5. The molecule has 2 atom stereocenters. The van der Waals surface area contributed by atoms with Gasteiger partial charge < -0.3 is 14.6 Å². The van der Waals surface area contributed by atoms with E-state index in [2.05, 4.69) is 22.2 Å². The van der Waals surface area contributed by atoms with Crippen molar-refractivity contribution in [3.8, 4) is 10.4 Å². The Hall–Kier alpha value is -3.26. The van der Waals surface area contributed by atoms with Crippen molar-refractivity contribution in [2.75, 3.05) is 18.4 Å². The highest BCUT2D eigenvalue weighted by molar-refractivity contribution is 7.15. The molecule has 0 spiro atoms. The third-order valence-electron chi connectivity index (χ3n) is 6.50. The molecule has 1 saturated heterocycles. The van der Waals surface area contributed by atoms with Crippen LogP contribution in [0.2, 0.25) is 0 Å². The number of oxazole rings is 1. The minimum absolute atomic E-state index is 0.00987. The topological polar surface area (TPSA) is 71.3 Å². The van der Waals surface area contributed by atoms with Crippen molar-refractivity contribution >= 4 is 34.4 Å². The maximum atomic E-state index is 13.8. The fraction of sp³-hybridized carbons (Fsp3) is 0.346. The third-order valence-corrected chi connectivity index (χ3v) is 7.52. The molecule has 1 N–H and O–H groups in total. The number of amides is 1. The molecule has 2 aromatic carbocycles. The summed E-state index contributed by atoms with van der Waals surface area (Å²) in [6.45, 7) is 5.29. The van der Waals surface area contributed by atoms with E-state index in [1.54, 1.807) is 12.1 Å². The van der Waals surface area contributed by atoms with Crippen molar-refractivity contribution < 1.29 is 13.6 Å². The van der Waals surface area contributed by atoms with Crippen molar-refractivity contribution in [2.24, 2.45) is 5.92 Å². The summed E-state index contributed by atoms with van der Waals surface area (Å²) in [5.74, 6) is -0.0141. The first kappa shape index (κ1) is 22.5. The monoisotopic (exact) mass is 478 g/mol. The summed E-state index contributed by atoms with van der Waals surface area (Å²) >= 11 is 1.46. The average Bonchev–Trinajstić information content (AvgIpc) is 3.45. The predicted octanol–water partition coefficient (Wildman–Crippen LogP) is 6.14. The highest BCUT2D eigenvalue weighted by atomic mass is 32.1. The number of carbonyl (C=O) groups excluding carboxylic acids is 1. The van der Waals surface area contributed by atoms with Gasteiger partial charge in [0.2, 0.25) is 0 Å². The first-order valence-electron chi connectivity index (χ1n) is 11.7. The molecule has 1 aliphatic heterocycles. The van der Waals surface area contributed by atoms with Crippen LogP contribution in [0.4, 0.5) is 10.4 Å². The molecule has 1 amide bonds. The Morgan fingerprint density at radius 1 is 1.21 bits per heavy atom. The number of nitrogens with zero attached hydrogens (tertiary/aromatic N) is 3. The molecule has 0 aliphatic carbocycles. The summed E-state index contributed by atoms with van der Waals surface area (Å²) in [5, 5.41) is 4.14. The summed E-state index contributed by atoms with van der Waals surface area (Å²) in [6, 6.07) is 14.3. The van der Waals surface area contributed by atoms with Crippen LogP contribution in [0.3, 0.4) is 0 Å². The highest BCUT2D eigenvalue weighted by Crippen LogP contribution is 2.34. The van der Waals surface area contributed by atoms with E-state index in [1.807, 2.05) is 36.1 Å². The standard InChI is InChI=1S/C26H27FN4O2S/c1-3-17-7-6-14-31(21(17)15-28-26-30-20-8-4-5-9-22(20)33-26)25(32)23-24(34-16(2)29-23)18-10-12-19(27)13-11-18/h4-5,8-13,17,21H,3,6-7,14-15H2,1-2H3,(H,28,30). The Labute approximate surface area is 201 Å². The summed E-state index contributed by atoms with van der Waals surface area (Å²) in [4.78, 5) is 25.7. The Bertz CT molecular complexity index is 1270. The second kappa shape index (κ2) is 9.54. The molecular weight excluding hydrogens is 451 g/mol. The highest BCUT2D eigenvalue weighted by Gasteiger charge is 2.36. The van der Waals surface area contributed by atoms with Gasteiger partial charge in [-0.05, 0) is 55.5 Å². The van der Waals surface area contributed by atoms with Crippen LogP contribution >= 0.6 is 11.3 Å². The van der Waals surface area contributed by atoms with Gasteiger partial charge in [0.15, 0.2) is 5.58 Å². The zero-order chi connectivity index (χ0) is 23.7. The van der Waals surface area contributed by atoms with E-state index < -0.39 is 0 Å². The van der Waals surface area contributed by atoms with Gasteiger partial charge in [0, 0.05) is 13.1 Å². The van der Waals surface area contributed by atoms with Gasteiger partial charge in [0.05, 0.1) is 15.9 Å². The second-order valence-corrected chi connectivity index (χ2v) is 9.86. The van der Waals surface area contributed by atoms with Gasteiger partial charge in [-0.1, -0.05) is 37.6 Å². The molecule has 34 heavy (non-hydrogen) atoms. The molecule has 1 aliphatic rings. The van der Waals surface area contributed by atoms with Gasteiger partial charge in [-0.2, -0.15) is 4.98 Å². The van der Waals surface area contributed by atoms with Crippen LogP contribution in [0.15, 0.2) is 52.9 Å². The lowest BCUT2D eigenvalue weighted by molar-refractivity contribution is 0.0508. The lowest BCUT2D eigenvalue weighted by atomic mass is 9.86. The van der Waals surface area contributed by atoms with E-state index in [0.29, 0.717) is 30.7 Å². The number of halogens is 1. The number of piperidine rings is 1. The minimum atomic E-state index is -0.301. The molecule has 176 valence electrons. The van der Waals surface area contributed by atoms with E-state index in [1.165, 1.54) is 23.5 Å². The fourth-order valence-corrected chi connectivity index (χ4v) is 5.70. The van der Waals surface area contributed by atoms with Crippen molar-refractivity contribution in [3.63, 3.8) is 0 Å². The smallest absolute Gasteiger partial charge is 0.295 e. The molecule has 6 nitrogen and oxygen atoms in total. The van der Waals surface area contributed by atoms with Gasteiger partial charge in [-0.3, -0.25) is 4.79 Å². The van der Waals surface area contributed by atoms with Crippen LogP contribution in [0, 0.1) is 18.7 Å². The molecule has 5 rings (SSSR count). The van der Waals surface area contributed by atoms with Crippen LogP contribution < -0.4 is 5.32 Å². The van der Waals surface area contributed by atoms with Crippen molar-refractivity contribution in [3.05, 3.63) is 65.0 Å². The fourth-order valence-electron chi connectivity index (χ4n) is 4.79. The van der Waals surface area contributed by atoms with Crippen molar-refractivity contribution in [2.45, 2.75) is 39.2 Å². The number of anilines is 1. The molecule has 0 saturated carbocycles. The van der Waals surface area contributed by atoms with Gasteiger partial charge in [0.25, 0.3) is 11.9 Å². The van der Waals surface area contributed by atoms with Crippen LogP contribution in [0.25, 0.3) is 21.5 Å². The maximum Gasteiger partial charge on any atom is 0.295 e. The SMILES string of the molecule is CCC1CCCN(C(=O)c2nc(C)sc2-c2ccc(F)cc2)C1CNc1nc2ccccc2o1. The largest absolute Gasteiger partial charge is 0.424 e. The van der Waals surface area contributed by atoms with Crippen molar-refractivity contribution in [1.29, 1.82) is 0 Å². The lowest BCUT2D eigenvalue weighted by Gasteiger charge is -2.41. The lowest BCUT2D eigenvalue weighted by Crippen LogP contribution is -2.51. The van der Waals surface area contributed by atoms with Gasteiger partial charge in [-0.15, -0.1) is 11.3 Å². The van der Waals surface area contributed by atoms with Crippen LogP contribution in [0.1, 0.15) is 41.7 Å². The number of hydrogen-bond acceptors (Lipinski definition) is 6. The number of benzene rings is 2. The number of fused-ring (bicyclic) bond motifs is 1. The zero-order valence-corrected chi connectivity index (χ0v) is 20.1. The Balaban J connectivity index is 1.41. The quantitative estimate of drug-likeness (QED) is 0.360. The van der Waals surface area contributed by atoms with E-state index in [-0.39, 0.29) is 17.8 Å². The molecule has 2 aromatic heterocycles. The zero-order valence-electron chi connectivity index (χ0n) is 19.3. The molecule has 1 fully saturated rings. The van der Waals surface area contributed by atoms with Crippen molar-refractivity contribution in [1.82, 2.24) is 14.9 Å². The Morgan fingerprint density at radius 2 is 2.00 bits per heavy atom. The number of aryl methyl sites for hydroxylation is 1. The summed E-state index contributed by atoms with van der Waals surface area (Å²) in [5.41, 5.74) is 2.78. The molecular formula is C26H27FN4O2S. The number of nitrogens with one attached hydrogen (secondary N) is 1. The molecule has 3 heterocycles. The second-order valence-electron chi connectivity index (χ2n) is 8.66. The van der Waals surface area contributed by atoms with E-state index >= 15 is 0 Å². The summed E-state index contributed by atoms with van der Waals surface area (Å²) in [6.07, 6.45) is 3.00. The van der Waals surface area contributed by atoms with Gasteiger partial charge in [0.1, 0.15) is 17.0 Å².